The third-order valence-electron chi connectivity index (χ3n) is 2.19. The number of carbonyl (C=O) groups is 1. The molecule has 96 valence electrons. The van der Waals surface area contributed by atoms with E-state index in [0.29, 0.717) is 11.3 Å². The maximum absolute atomic E-state index is 11.6. The van der Waals surface area contributed by atoms with Crippen LogP contribution in [0, 0.1) is 11.3 Å². The van der Waals surface area contributed by atoms with Crippen LogP contribution in [0.5, 0.6) is 5.75 Å². The van der Waals surface area contributed by atoms with E-state index in [9.17, 15) is 4.79 Å². The second-order valence-corrected chi connectivity index (χ2v) is 4.73. The quantitative estimate of drug-likeness (QED) is 0.851. The lowest BCUT2D eigenvalue weighted by molar-refractivity contribution is -0.123. The number of amides is 1. The van der Waals surface area contributed by atoms with E-state index in [1.54, 1.807) is 36.0 Å². The predicted octanol–water partition coefficient (Wildman–Crippen LogP) is 1.80. The fourth-order valence-corrected chi connectivity index (χ4v) is 2.02. The van der Waals surface area contributed by atoms with Gasteiger partial charge in [-0.25, -0.2) is 0 Å². The number of thioether (sulfide) groups is 1. The Morgan fingerprint density at radius 3 is 2.94 bits per heavy atom. The molecular weight excluding hydrogens is 248 g/mol. The Bertz CT molecular complexity index is 443. The zero-order chi connectivity index (χ0) is 13.4. The summed E-state index contributed by atoms with van der Waals surface area (Å²) in [6.45, 7) is 1.87. The minimum atomic E-state index is -0.177. The molecule has 1 atom stereocenters. The van der Waals surface area contributed by atoms with Gasteiger partial charge in [-0.05, 0) is 25.3 Å². The van der Waals surface area contributed by atoms with Gasteiger partial charge in [0, 0.05) is 11.8 Å². The lowest BCUT2D eigenvalue weighted by atomic mass is 10.2. The molecule has 5 heteroatoms. The number of para-hydroxylation sites is 1. The molecule has 0 heterocycles. The fraction of sp³-hybridized carbons (Fsp3) is 0.385. The van der Waals surface area contributed by atoms with E-state index in [1.807, 2.05) is 19.2 Å². The van der Waals surface area contributed by atoms with Crippen LogP contribution in [0.15, 0.2) is 24.3 Å². The third kappa shape index (κ3) is 4.68. The number of rotatable bonds is 6. The van der Waals surface area contributed by atoms with E-state index in [4.69, 9.17) is 10.00 Å². The van der Waals surface area contributed by atoms with Gasteiger partial charge in [0.2, 0.25) is 0 Å². The number of nitrogens with zero attached hydrogens (tertiary/aromatic N) is 1. The summed E-state index contributed by atoms with van der Waals surface area (Å²) in [5.41, 5.74) is 0.433. The van der Waals surface area contributed by atoms with Crippen LogP contribution in [0.4, 0.5) is 0 Å². The first-order chi connectivity index (χ1) is 8.67. The Kier molecular flexibility index (Phi) is 6.09. The van der Waals surface area contributed by atoms with Gasteiger partial charge >= 0.3 is 0 Å². The van der Waals surface area contributed by atoms with Crippen LogP contribution < -0.4 is 10.1 Å². The zero-order valence-corrected chi connectivity index (χ0v) is 11.3. The first-order valence-corrected chi connectivity index (χ1v) is 6.97. The number of hydrogen-bond donors (Lipinski definition) is 1. The second-order valence-electron chi connectivity index (χ2n) is 3.82. The highest BCUT2D eigenvalue weighted by Gasteiger charge is 2.08. The van der Waals surface area contributed by atoms with Crippen LogP contribution in [0.1, 0.15) is 12.5 Å². The van der Waals surface area contributed by atoms with Gasteiger partial charge in [-0.1, -0.05) is 12.1 Å². The van der Waals surface area contributed by atoms with Gasteiger partial charge in [-0.15, -0.1) is 0 Å². The Morgan fingerprint density at radius 2 is 2.28 bits per heavy atom. The molecule has 0 aliphatic carbocycles. The average molecular weight is 264 g/mol. The smallest absolute Gasteiger partial charge is 0.258 e. The highest BCUT2D eigenvalue weighted by atomic mass is 32.2. The predicted molar refractivity (Wildman–Crippen MR) is 72.6 cm³/mol. The highest BCUT2D eigenvalue weighted by Crippen LogP contribution is 2.16. The van der Waals surface area contributed by atoms with Crippen molar-refractivity contribution in [2.45, 2.75) is 13.0 Å². The van der Waals surface area contributed by atoms with E-state index in [2.05, 4.69) is 5.32 Å². The number of nitriles is 1. The molecule has 1 unspecified atom stereocenters. The van der Waals surface area contributed by atoms with Crippen molar-refractivity contribution in [3.05, 3.63) is 29.8 Å². The molecule has 0 radical (unpaired) electrons. The fourth-order valence-electron chi connectivity index (χ4n) is 1.44. The maximum Gasteiger partial charge on any atom is 0.258 e. The highest BCUT2D eigenvalue weighted by molar-refractivity contribution is 7.98. The van der Waals surface area contributed by atoms with Crippen LogP contribution in [0.3, 0.4) is 0 Å². The summed E-state index contributed by atoms with van der Waals surface area (Å²) >= 11 is 1.67. The van der Waals surface area contributed by atoms with Crippen LogP contribution >= 0.6 is 11.8 Å². The van der Waals surface area contributed by atoms with Crippen molar-refractivity contribution in [1.82, 2.24) is 5.32 Å². The van der Waals surface area contributed by atoms with Crippen LogP contribution in [0.2, 0.25) is 0 Å². The van der Waals surface area contributed by atoms with Crippen molar-refractivity contribution in [3.8, 4) is 11.8 Å². The SMILES string of the molecule is CSCC(C)NC(=O)COc1ccccc1C#N. The minimum Gasteiger partial charge on any atom is -0.482 e. The number of ether oxygens (including phenoxy) is 1. The Labute approximate surface area is 111 Å². The molecule has 0 aliphatic heterocycles. The number of hydrogen-bond acceptors (Lipinski definition) is 4. The lowest BCUT2D eigenvalue weighted by Gasteiger charge is -2.13. The van der Waals surface area contributed by atoms with Gasteiger partial charge < -0.3 is 10.1 Å². The number of nitrogens with one attached hydrogen (secondary N) is 1. The topological polar surface area (TPSA) is 62.1 Å². The van der Waals surface area contributed by atoms with Crippen molar-refractivity contribution in [2.24, 2.45) is 0 Å². The van der Waals surface area contributed by atoms with Crippen molar-refractivity contribution in [2.75, 3.05) is 18.6 Å². The van der Waals surface area contributed by atoms with Gasteiger partial charge in [-0.3, -0.25) is 4.79 Å². The van der Waals surface area contributed by atoms with E-state index in [1.165, 1.54) is 0 Å². The average Bonchev–Trinajstić information content (AvgIpc) is 2.37. The molecule has 1 aromatic rings. The number of carbonyl (C=O) groups excluding carboxylic acids is 1. The summed E-state index contributed by atoms with van der Waals surface area (Å²) in [7, 11) is 0. The van der Waals surface area contributed by atoms with Crippen LogP contribution in [-0.4, -0.2) is 30.6 Å². The lowest BCUT2D eigenvalue weighted by Crippen LogP contribution is -2.37. The van der Waals surface area contributed by atoms with Gasteiger partial charge in [-0.2, -0.15) is 17.0 Å². The molecule has 0 aliphatic rings. The standard InChI is InChI=1S/C13H16N2O2S/c1-10(9-18-2)15-13(16)8-17-12-6-4-3-5-11(12)7-14/h3-6,10H,8-9H2,1-2H3,(H,15,16). The van der Waals surface area contributed by atoms with Crippen molar-refractivity contribution < 1.29 is 9.53 Å². The molecule has 1 aromatic carbocycles. The Hall–Kier alpha value is -1.67. The first-order valence-electron chi connectivity index (χ1n) is 5.57. The van der Waals surface area contributed by atoms with E-state index in [0.717, 1.165) is 5.75 Å². The number of benzene rings is 1. The summed E-state index contributed by atoms with van der Waals surface area (Å²) in [4.78, 5) is 11.6. The van der Waals surface area contributed by atoms with Gasteiger partial charge in [0.15, 0.2) is 6.61 Å². The summed E-state index contributed by atoms with van der Waals surface area (Å²) in [5, 5.41) is 11.7. The largest absolute Gasteiger partial charge is 0.482 e. The van der Waals surface area contributed by atoms with Gasteiger partial charge in [0.25, 0.3) is 5.91 Å². The Balaban J connectivity index is 2.45. The maximum atomic E-state index is 11.6. The summed E-state index contributed by atoms with van der Waals surface area (Å²) < 4.78 is 5.33. The molecule has 0 bridgehead atoms. The third-order valence-corrected chi connectivity index (χ3v) is 3.02. The van der Waals surface area contributed by atoms with E-state index < -0.39 is 0 Å². The molecule has 0 saturated carbocycles. The minimum absolute atomic E-state index is 0.0720. The van der Waals surface area contributed by atoms with E-state index >= 15 is 0 Å². The molecule has 1 N–H and O–H groups in total. The molecule has 0 aromatic heterocycles. The molecular formula is C13H16N2O2S. The zero-order valence-electron chi connectivity index (χ0n) is 10.5. The Morgan fingerprint density at radius 1 is 1.56 bits per heavy atom. The van der Waals surface area contributed by atoms with Gasteiger partial charge in [0.1, 0.15) is 11.8 Å². The van der Waals surface area contributed by atoms with Crippen LogP contribution in [-0.2, 0) is 4.79 Å². The summed E-state index contributed by atoms with van der Waals surface area (Å²) in [6.07, 6.45) is 1.99. The molecule has 18 heavy (non-hydrogen) atoms. The van der Waals surface area contributed by atoms with Crippen molar-refractivity contribution >= 4 is 17.7 Å². The monoisotopic (exact) mass is 264 g/mol. The normalized spacial score (nSPS) is 11.4. The molecule has 4 nitrogen and oxygen atoms in total. The first kappa shape index (κ1) is 14.4. The summed E-state index contributed by atoms with van der Waals surface area (Å²) in [5.74, 6) is 1.12. The van der Waals surface area contributed by atoms with Crippen LogP contribution in [0.25, 0.3) is 0 Å². The van der Waals surface area contributed by atoms with Crippen molar-refractivity contribution in [1.29, 1.82) is 5.26 Å². The van der Waals surface area contributed by atoms with Crippen molar-refractivity contribution in [3.63, 3.8) is 0 Å². The molecule has 0 saturated heterocycles. The van der Waals surface area contributed by atoms with E-state index in [-0.39, 0.29) is 18.6 Å². The van der Waals surface area contributed by atoms with Gasteiger partial charge in [0.05, 0.1) is 5.56 Å². The molecule has 0 fully saturated rings. The molecule has 1 amide bonds. The molecule has 1 rings (SSSR count). The second kappa shape index (κ2) is 7.62. The summed E-state index contributed by atoms with van der Waals surface area (Å²) in [6, 6.07) is 8.99. The molecule has 0 spiro atoms.